The van der Waals surface area contributed by atoms with Crippen LogP contribution in [-0.4, -0.2) is 24.4 Å². The number of amides is 2. The minimum atomic E-state index is -0.835. The number of hydrogen-bond donors (Lipinski definition) is 2. The van der Waals surface area contributed by atoms with E-state index in [-0.39, 0.29) is 11.1 Å². The number of hydrogen-bond acceptors (Lipinski definition) is 5. The molecular weight excluding hydrogens is 391 g/mol. The van der Waals surface area contributed by atoms with Gasteiger partial charge in [0.1, 0.15) is 17.3 Å². The van der Waals surface area contributed by atoms with Gasteiger partial charge in [0.25, 0.3) is 11.8 Å². The van der Waals surface area contributed by atoms with Gasteiger partial charge in [-0.2, -0.15) is 0 Å². The average molecular weight is 408 g/mol. The normalized spacial score (nSPS) is 10.0. The van der Waals surface area contributed by atoms with Crippen LogP contribution in [-0.2, 0) is 9.53 Å². The Bertz CT molecular complexity index is 1060. The molecule has 152 valence electrons. The van der Waals surface area contributed by atoms with E-state index in [0.29, 0.717) is 11.5 Å². The van der Waals surface area contributed by atoms with Gasteiger partial charge in [-0.15, -0.1) is 0 Å². The summed E-state index contributed by atoms with van der Waals surface area (Å²) in [4.78, 5) is 35.8. The fourth-order valence-electron chi connectivity index (χ4n) is 2.40. The molecule has 0 radical (unpaired) electrons. The maximum absolute atomic E-state index is 13.5. The third-order valence-electron chi connectivity index (χ3n) is 3.82. The second-order valence-corrected chi connectivity index (χ2v) is 6.00. The topological polar surface area (TPSA) is 93.7 Å². The number of para-hydroxylation sites is 1. The quantitative estimate of drug-likeness (QED) is 0.483. The highest BCUT2D eigenvalue weighted by Crippen LogP contribution is 2.22. The van der Waals surface area contributed by atoms with Crippen molar-refractivity contribution in [2.75, 3.05) is 6.61 Å². The lowest BCUT2D eigenvalue weighted by molar-refractivity contribution is -0.125. The molecule has 0 aliphatic carbocycles. The first-order valence-electron chi connectivity index (χ1n) is 8.87. The minimum Gasteiger partial charge on any atom is -0.457 e. The van der Waals surface area contributed by atoms with Gasteiger partial charge in [-0.3, -0.25) is 20.4 Å². The van der Waals surface area contributed by atoms with Crippen LogP contribution >= 0.6 is 0 Å². The number of carbonyl (C=O) groups excluding carboxylic acids is 3. The molecule has 2 N–H and O–H groups in total. The van der Waals surface area contributed by atoms with E-state index >= 15 is 0 Å². The van der Waals surface area contributed by atoms with E-state index in [4.69, 9.17) is 9.47 Å². The SMILES string of the molecule is O=C(COC(=O)c1cccc(Oc2ccccc2)c1)NNC(=O)c1ccccc1F. The standard InChI is InChI=1S/C22H17FN2O5/c23-19-12-5-4-11-18(19)21(27)25-24-20(26)14-29-22(28)15-7-6-10-17(13-15)30-16-8-2-1-3-9-16/h1-13H,14H2,(H,24,26)(H,25,27). The predicted octanol–water partition coefficient (Wildman–Crippen LogP) is 3.24. The van der Waals surface area contributed by atoms with Crippen LogP contribution in [0.5, 0.6) is 11.5 Å². The molecule has 2 amide bonds. The first kappa shape index (κ1) is 20.5. The highest BCUT2D eigenvalue weighted by atomic mass is 19.1. The summed E-state index contributed by atoms with van der Waals surface area (Å²) in [7, 11) is 0. The second-order valence-electron chi connectivity index (χ2n) is 6.00. The number of rotatable bonds is 6. The third kappa shape index (κ3) is 5.65. The molecule has 0 unspecified atom stereocenters. The van der Waals surface area contributed by atoms with Crippen LogP contribution in [0.25, 0.3) is 0 Å². The third-order valence-corrected chi connectivity index (χ3v) is 3.82. The van der Waals surface area contributed by atoms with Gasteiger partial charge in [0.2, 0.25) is 0 Å². The van der Waals surface area contributed by atoms with Crippen LogP contribution in [0.15, 0.2) is 78.9 Å². The number of ether oxygens (including phenoxy) is 2. The fraction of sp³-hybridized carbons (Fsp3) is 0.0455. The Morgan fingerprint density at radius 2 is 1.50 bits per heavy atom. The number of hydrazine groups is 1. The zero-order valence-corrected chi connectivity index (χ0v) is 15.6. The Morgan fingerprint density at radius 1 is 0.800 bits per heavy atom. The number of benzene rings is 3. The molecule has 0 aromatic heterocycles. The number of nitrogens with one attached hydrogen (secondary N) is 2. The van der Waals surface area contributed by atoms with Gasteiger partial charge in [0, 0.05) is 0 Å². The van der Waals surface area contributed by atoms with Gasteiger partial charge < -0.3 is 9.47 Å². The summed E-state index contributed by atoms with van der Waals surface area (Å²) in [5, 5.41) is 0. The number of carbonyl (C=O) groups is 3. The molecule has 3 aromatic rings. The molecule has 0 fully saturated rings. The van der Waals surface area contributed by atoms with E-state index in [1.54, 1.807) is 24.3 Å². The van der Waals surface area contributed by atoms with E-state index in [1.165, 1.54) is 30.3 Å². The highest BCUT2D eigenvalue weighted by molar-refractivity contribution is 5.96. The Labute approximate surface area is 171 Å². The molecular formula is C22H17FN2O5. The summed E-state index contributed by atoms with van der Waals surface area (Å²) in [6, 6.07) is 20.6. The Kier molecular flexibility index (Phi) is 6.73. The Balaban J connectivity index is 1.49. The lowest BCUT2D eigenvalue weighted by Gasteiger charge is -2.09. The molecule has 3 rings (SSSR count). The predicted molar refractivity (Wildman–Crippen MR) is 105 cm³/mol. The Morgan fingerprint density at radius 3 is 2.27 bits per heavy atom. The van der Waals surface area contributed by atoms with E-state index < -0.39 is 30.2 Å². The van der Waals surface area contributed by atoms with Crippen LogP contribution in [0, 0.1) is 5.82 Å². The lowest BCUT2D eigenvalue weighted by atomic mass is 10.2. The molecule has 0 bridgehead atoms. The molecule has 0 saturated carbocycles. The summed E-state index contributed by atoms with van der Waals surface area (Å²) >= 11 is 0. The highest BCUT2D eigenvalue weighted by Gasteiger charge is 2.14. The van der Waals surface area contributed by atoms with Gasteiger partial charge in [0.15, 0.2) is 6.61 Å². The maximum Gasteiger partial charge on any atom is 0.338 e. The summed E-state index contributed by atoms with van der Waals surface area (Å²) in [6.07, 6.45) is 0. The molecule has 0 aliphatic heterocycles. The smallest absolute Gasteiger partial charge is 0.338 e. The molecule has 8 heteroatoms. The lowest BCUT2D eigenvalue weighted by Crippen LogP contribution is -2.43. The van der Waals surface area contributed by atoms with Crippen molar-refractivity contribution in [2.24, 2.45) is 0 Å². The summed E-state index contributed by atoms with van der Waals surface area (Å²) in [6.45, 7) is -0.639. The number of esters is 1. The van der Waals surface area contributed by atoms with Gasteiger partial charge in [-0.1, -0.05) is 36.4 Å². The van der Waals surface area contributed by atoms with Crippen LogP contribution in [0.2, 0.25) is 0 Å². The molecule has 30 heavy (non-hydrogen) atoms. The molecule has 3 aromatic carbocycles. The van der Waals surface area contributed by atoms with Crippen LogP contribution in [0.3, 0.4) is 0 Å². The van der Waals surface area contributed by atoms with Crippen molar-refractivity contribution >= 4 is 17.8 Å². The van der Waals surface area contributed by atoms with Gasteiger partial charge in [-0.25, -0.2) is 9.18 Å². The van der Waals surface area contributed by atoms with Crippen LogP contribution < -0.4 is 15.6 Å². The van der Waals surface area contributed by atoms with Crippen molar-refractivity contribution in [1.29, 1.82) is 0 Å². The van der Waals surface area contributed by atoms with Crippen molar-refractivity contribution in [3.05, 3.63) is 95.8 Å². The average Bonchev–Trinajstić information content (AvgIpc) is 2.77. The zero-order chi connectivity index (χ0) is 21.3. The zero-order valence-electron chi connectivity index (χ0n) is 15.6. The second kappa shape index (κ2) is 9.83. The first-order chi connectivity index (χ1) is 14.5. The van der Waals surface area contributed by atoms with E-state index in [9.17, 15) is 18.8 Å². The largest absolute Gasteiger partial charge is 0.457 e. The van der Waals surface area contributed by atoms with Crippen molar-refractivity contribution in [3.8, 4) is 11.5 Å². The number of halogens is 1. The monoisotopic (exact) mass is 408 g/mol. The van der Waals surface area contributed by atoms with Crippen LogP contribution in [0.1, 0.15) is 20.7 Å². The molecule has 0 aliphatic rings. The first-order valence-corrected chi connectivity index (χ1v) is 8.87. The fourth-order valence-corrected chi connectivity index (χ4v) is 2.40. The minimum absolute atomic E-state index is 0.187. The van der Waals surface area contributed by atoms with Crippen molar-refractivity contribution < 1.29 is 28.2 Å². The summed E-state index contributed by atoms with van der Waals surface area (Å²) in [5.41, 5.74) is 4.06. The van der Waals surface area contributed by atoms with Crippen molar-refractivity contribution in [2.45, 2.75) is 0 Å². The van der Waals surface area contributed by atoms with Crippen molar-refractivity contribution in [1.82, 2.24) is 10.9 Å². The van der Waals surface area contributed by atoms with E-state index in [1.807, 2.05) is 23.6 Å². The maximum atomic E-state index is 13.5. The molecule has 0 spiro atoms. The molecule has 0 atom stereocenters. The van der Waals surface area contributed by atoms with E-state index in [2.05, 4.69) is 5.43 Å². The van der Waals surface area contributed by atoms with Crippen LogP contribution in [0.4, 0.5) is 4.39 Å². The summed E-state index contributed by atoms with van der Waals surface area (Å²) in [5.74, 6) is -2.06. The summed E-state index contributed by atoms with van der Waals surface area (Å²) < 4.78 is 24.1. The molecule has 0 heterocycles. The van der Waals surface area contributed by atoms with Gasteiger partial charge in [0.05, 0.1) is 11.1 Å². The van der Waals surface area contributed by atoms with Crippen molar-refractivity contribution in [3.63, 3.8) is 0 Å². The Hall–Kier alpha value is -4.20. The molecule has 7 nitrogen and oxygen atoms in total. The van der Waals surface area contributed by atoms with E-state index in [0.717, 1.165) is 6.07 Å². The molecule has 0 saturated heterocycles. The van der Waals surface area contributed by atoms with Gasteiger partial charge in [-0.05, 0) is 42.5 Å². The van der Waals surface area contributed by atoms with Gasteiger partial charge >= 0.3 is 5.97 Å².